The van der Waals surface area contributed by atoms with E-state index >= 15 is 0 Å². The third-order valence-corrected chi connectivity index (χ3v) is 3.80. The summed E-state index contributed by atoms with van der Waals surface area (Å²) >= 11 is 9.72. The van der Waals surface area contributed by atoms with E-state index in [1.165, 1.54) is 0 Å². The summed E-state index contributed by atoms with van der Waals surface area (Å²) in [6.45, 7) is 5.90. The van der Waals surface area contributed by atoms with Gasteiger partial charge in [-0.2, -0.15) is 0 Å². The third-order valence-electron chi connectivity index (χ3n) is 2.91. The van der Waals surface area contributed by atoms with Crippen molar-refractivity contribution in [2.75, 3.05) is 6.54 Å². The third kappa shape index (κ3) is 4.70. The topological polar surface area (TPSA) is 34.2 Å². The molecule has 0 saturated carbocycles. The number of rotatable bonds is 6. The summed E-state index contributed by atoms with van der Waals surface area (Å²) in [5, 5.41) is 3.83. The largest absolute Gasteiger partial charge is 0.436 e. The number of ether oxygens (including phenoxy) is 1. The van der Waals surface area contributed by atoms with Crippen LogP contribution in [-0.2, 0) is 6.54 Å². The number of nitrogens with zero attached hydrogens (tertiary/aromatic N) is 1. The number of aromatic nitrogens is 1. The lowest BCUT2D eigenvalue weighted by atomic mass is 10.2. The van der Waals surface area contributed by atoms with Crippen LogP contribution in [0, 0.1) is 6.92 Å². The van der Waals surface area contributed by atoms with E-state index in [9.17, 15) is 0 Å². The molecule has 0 bridgehead atoms. The zero-order chi connectivity index (χ0) is 15.2. The Kier molecular flexibility index (Phi) is 6.03. The van der Waals surface area contributed by atoms with Crippen molar-refractivity contribution >= 4 is 27.5 Å². The van der Waals surface area contributed by atoms with Crippen LogP contribution in [0.4, 0.5) is 0 Å². The molecule has 1 aromatic carbocycles. The van der Waals surface area contributed by atoms with Crippen molar-refractivity contribution in [3.63, 3.8) is 0 Å². The normalized spacial score (nSPS) is 10.7. The lowest BCUT2D eigenvalue weighted by molar-refractivity contribution is 0.459. The minimum absolute atomic E-state index is 0.417. The highest BCUT2D eigenvalue weighted by Gasteiger charge is 2.09. The van der Waals surface area contributed by atoms with Crippen LogP contribution in [0.5, 0.6) is 11.6 Å². The molecule has 1 aromatic heterocycles. The van der Waals surface area contributed by atoms with Crippen LogP contribution in [0.2, 0.25) is 5.02 Å². The summed E-state index contributed by atoms with van der Waals surface area (Å²) in [7, 11) is 0. The second-order valence-electron chi connectivity index (χ2n) is 4.84. The fourth-order valence-corrected chi connectivity index (χ4v) is 2.64. The van der Waals surface area contributed by atoms with Crippen molar-refractivity contribution in [3.05, 3.63) is 51.1 Å². The Morgan fingerprint density at radius 3 is 2.81 bits per heavy atom. The summed E-state index contributed by atoms with van der Waals surface area (Å²) < 4.78 is 6.65. The van der Waals surface area contributed by atoms with E-state index in [0.29, 0.717) is 16.7 Å². The minimum Gasteiger partial charge on any atom is -0.436 e. The van der Waals surface area contributed by atoms with Crippen molar-refractivity contribution in [2.24, 2.45) is 0 Å². The molecular weight excluding hydrogens is 352 g/mol. The number of halogens is 2. The summed E-state index contributed by atoms with van der Waals surface area (Å²) in [5.74, 6) is 1.12. The maximum absolute atomic E-state index is 6.25. The Labute approximate surface area is 138 Å². The molecule has 0 atom stereocenters. The van der Waals surface area contributed by atoms with Crippen LogP contribution in [0.3, 0.4) is 0 Å². The van der Waals surface area contributed by atoms with Gasteiger partial charge in [0.2, 0.25) is 5.88 Å². The molecule has 3 nitrogen and oxygen atoms in total. The highest BCUT2D eigenvalue weighted by atomic mass is 79.9. The van der Waals surface area contributed by atoms with Crippen LogP contribution in [0.1, 0.15) is 24.5 Å². The molecule has 0 spiro atoms. The molecule has 0 aliphatic rings. The molecule has 0 saturated heterocycles. The number of hydrogen-bond donors (Lipinski definition) is 1. The van der Waals surface area contributed by atoms with E-state index in [4.69, 9.17) is 16.3 Å². The molecule has 0 unspecified atom stereocenters. The second-order valence-corrected chi connectivity index (χ2v) is 6.10. The summed E-state index contributed by atoms with van der Waals surface area (Å²) in [6.07, 6.45) is 2.88. The van der Waals surface area contributed by atoms with Gasteiger partial charge in [-0.25, -0.2) is 4.98 Å². The Balaban J connectivity index is 2.10. The van der Waals surface area contributed by atoms with Crippen molar-refractivity contribution in [3.8, 4) is 11.6 Å². The molecule has 2 rings (SSSR count). The van der Waals surface area contributed by atoms with E-state index < -0.39 is 0 Å². The van der Waals surface area contributed by atoms with Gasteiger partial charge >= 0.3 is 0 Å². The molecule has 5 heteroatoms. The van der Waals surface area contributed by atoms with E-state index in [2.05, 4.69) is 33.2 Å². The lowest BCUT2D eigenvalue weighted by Crippen LogP contribution is -2.13. The number of hydrogen-bond acceptors (Lipinski definition) is 3. The van der Waals surface area contributed by atoms with Gasteiger partial charge in [0.25, 0.3) is 0 Å². The molecule has 0 amide bonds. The molecule has 0 aliphatic heterocycles. The number of aryl methyl sites for hydroxylation is 1. The average molecular weight is 370 g/mol. The van der Waals surface area contributed by atoms with Gasteiger partial charge in [0.05, 0.1) is 4.47 Å². The van der Waals surface area contributed by atoms with Crippen LogP contribution in [0.25, 0.3) is 0 Å². The molecule has 2 aromatic rings. The number of pyridine rings is 1. The van der Waals surface area contributed by atoms with E-state index in [0.717, 1.165) is 35.1 Å². The standard InChI is InChI=1S/C16H18BrClN2O/c1-3-6-19-9-12-8-14(18)16(20-10-12)21-15-5-4-11(2)7-13(15)17/h4-5,7-8,10,19H,3,6,9H2,1-2H3. The Morgan fingerprint density at radius 2 is 2.14 bits per heavy atom. The van der Waals surface area contributed by atoms with E-state index in [1.807, 2.05) is 31.2 Å². The predicted molar refractivity (Wildman–Crippen MR) is 90.2 cm³/mol. The molecule has 1 N–H and O–H groups in total. The van der Waals surface area contributed by atoms with Gasteiger partial charge in [-0.1, -0.05) is 24.6 Å². The Hall–Kier alpha value is -1.10. The highest BCUT2D eigenvalue weighted by molar-refractivity contribution is 9.10. The smallest absolute Gasteiger partial charge is 0.238 e. The highest BCUT2D eigenvalue weighted by Crippen LogP contribution is 2.33. The van der Waals surface area contributed by atoms with Crippen LogP contribution in [-0.4, -0.2) is 11.5 Å². The molecular formula is C16H18BrClN2O. The van der Waals surface area contributed by atoms with Crippen LogP contribution < -0.4 is 10.1 Å². The van der Waals surface area contributed by atoms with Crippen molar-refractivity contribution in [2.45, 2.75) is 26.8 Å². The second kappa shape index (κ2) is 7.78. The van der Waals surface area contributed by atoms with Gasteiger partial charge < -0.3 is 10.1 Å². The molecule has 21 heavy (non-hydrogen) atoms. The summed E-state index contributed by atoms with van der Waals surface area (Å²) in [4.78, 5) is 4.30. The van der Waals surface area contributed by atoms with E-state index in [-0.39, 0.29) is 0 Å². The fourth-order valence-electron chi connectivity index (χ4n) is 1.84. The molecule has 0 aliphatic carbocycles. The van der Waals surface area contributed by atoms with E-state index in [1.54, 1.807) is 6.20 Å². The molecule has 1 heterocycles. The quantitative estimate of drug-likeness (QED) is 0.719. The molecule has 0 fully saturated rings. The maximum atomic E-state index is 6.25. The van der Waals surface area contributed by atoms with Crippen molar-refractivity contribution < 1.29 is 4.74 Å². The van der Waals surface area contributed by atoms with Gasteiger partial charge in [0.1, 0.15) is 10.8 Å². The van der Waals surface area contributed by atoms with Crippen LogP contribution >= 0.6 is 27.5 Å². The maximum Gasteiger partial charge on any atom is 0.238 e. The number of nitrogens with one attached hydrogen (secondary N) is 1. The SMILES string of the molecule is CCCNCc1cnc(Oc2ccc(C)cc2Br)c(Cl)c1. The molecule has 112 valence electrons. The van der Waals surface area contributed by atoms with Crippen molar-refractivity contribution in [1.29, 1.82) is 0 Å². The monoisotopic (exact) mass is 368 g/mol. The van der Waals surface area contributed by atoms with Gasteiger partial charge in [0, 0.05) is 12.7 Å². The number of benzene rings is 1. The summed E-state index contributed by atoms with van der Waals surface area (Å²) in [6, 6.07) is 7.76. The van der Waals surface area contributed by atoms with Gasteiger partial charge in [-0.05, 0) is 65.1 Å². The first-order valence-corrected chi connectivity index (χ1v) is 8.06. The first-order chi connectivity index (χ1) is 10.1. The Morgan fingerprint density at radius 1 is 1.33 bits per heavy atom. The van der Waals surface area contributed by atoms with Crippen LogP contribution in [0.15, 0.2) is 34.9 Å². The summed E-state index contributed by atoms with van der Waals surface area (Å²) in [5.41, 5.74) is 2.20. The zero-order valence-corrected chi connectivity index (χ0v) is 14.5. The first kappa shape index (κ1) is 16.3. The average Bonchev–Trinajstić information content (AvgIpc) is 2.44. The Bertz CT molecular complexity index is 619. The van der Waals surface area contributed by atoms with Gasteiger partial charge in [0.15, 0.2) is 0 Å². The lowest BCUT2D eigenvalue weighted by Gasteiger charge is -2.10. The minimum atomic E-state index is 0.417. The first-order valence-electron chi connectivity index (χ1n) is 6.89. The van der Waals surface area contributed by atoms with Crippen molar-refractivity contribution in [1.82, 2.24) is 10.3 Å². The zero-order valence-electron chi connectivity index (χ0n) is 12.1. The molecule has 0 radical (unpaired) electrons. The van der Waals surface area contributed by atoms with Gasteiger partial charge in [-0.15, -0.1) is 0 Å². The van der Waals surface area contributed by atoms with Gasteiger partial charge in [-0.3, -0.25) is 0 Å². The predicted octanol–water partition coefficient (Wildman–Crippen LogP) is 5.10. The fraction of sp³-hybridized carbons (Fsp3) is 0.312.